The van der Waals surface area contributed by atoms with Crippen LogP contribution in [0.15, 0.2) is 0 Å². The molecule has 0 saturated heterocycles. The molecular formula is C12H22N4O3. The number of nitrogens with one attached hydrogen (secondary N) is 1. The van der Waals surface area contributed by atoms with Gasteiger partial charge in [-0.1, -0.05) is 13.8 Å². The molecule has 0 radical (unpaired) electrons. The van der Waals surface area contributed by atoms with Crippen LogP contribution >= 0.6 is 0 Å². The van der Waals surface area contributed by atoms with Crippen LogP contribution in [-0.4, -0.2) is 33.9 Å². The molecule has 19 heavy (non-hydrogen) atoms. The third-order valence-electron chi connectivity index (χ3n) is 2.65. The third kappa shape index (κ3) is 4.20. The quantitative estimate of drug-likeness (QED) is 0.443. The molecule has 0 unspecified atom stereocenters. The Kier molecular flexibility index (Phi) is 5.75. The predicted molar refractivity (Wildman–Crippen MR) is 72.5 cm³/mol. The summed E-state index contributed by atoms with van der Waals surface area (Å²) in [5.74, 6) is 0.259. The van der Waals surface area contributed by atoms with Gasteiger partial charge < -0.3 is 10.1 Å². The van der Waals surface area contributed by atoms with E-state index in [9.17, 15) is 10.1 Å². The van der Waals surface area contributed by atoms with Crippen LogP contribution in [0.3, 0.4) is 0 Å². The van der Waals surface area contributed by atoms with E-state index < -0.39 is 4.92 Å². The number of aromatic nitrogens is 2. The van der Waals surface area contributed by atoms with Crippen molar-refractivity contribution in [2.75, 3.05) is 13.2 Å². The van der Waals surface area contributed by atoms with E-state index in [4.69, 9.17) is 4.74 Å². The van der Waals surface area contributed by atoms with E-state index in [2.05, 4.69) is 24.3 Å². The molecule has 1 aromatic rings. The van der Waals surface area contributed by atoms with Crippen molar-refractivity contribution in [1.82, 2.24) is 15.1 Å². The molecule has 108 valence electrons. The van der Waals surface area contributed by atoms with Crippen LogP contribution in [0, 0.1) is 17.0 Å². The van der Waals surface area contributed by atoms with Gasteiger partial charge in [0.2, 0.25) is 0 Å². The summed E-state index contributed by atoms with van der Waals surface area (Å²) in [5.41, 5.74) is 0.362. The van der Waals surface area contributed by atoms with Crippen LogP contribution in [0.25, 0.3) is 0 Å². The smallest absolute Gasteiger partial charge is 0.353 e. The van der Waals surface area contributed by atoms with Gasteiger partial charge in [-0.3, -0.25) is 10.1 Å². The van der Waals surface area contributed by atoms with Gasteiger partial charge >= 0.3 is 5.69 Å². The van der Waals surface area contributed by atoms with Crippen LogP contribution in [0.1, 0.15) is 32.9 Å². The first kappa shape index (κ1) is 15.4. The van der Waals surface area contributed by atoms with Gasteiger partial charge in [-0.25, -0.2) is 4.68 Å². The number of ether oxygens (including phenoxy) is 1. The fourth-order valence-electron chi connectivity index (χ4n) is 1.75. The lowest BCUT2D eigenvalue weighted by atomic mass is 10.3. The summed E-state index contributed by atoms with van der Waals surface area (Å²) >= 11 is 0. The van der Waals surface area contributed by atoms with E-state index >= 15 is 0 Å². The van der Waals surface area contributed by atoms with Crippen LogP contribution in [0.2, 0.25) is 0 Å². The normalized spacial score (nSPS) is 11.0. The van der Waals surface area contributed by atoms with Crippen molar-refractivity contribution in [3.05, 3.63) is 15.8 Å². The summed E-state index contributed by atoms with van der Waals surface area (Å²) in [4.78, 5) is 10.6. The Hall–Kier alpha value is -1.63. The Bertz CT molecular complexity index is 429. The molecule has 0 fully saturated rings. The molecule has 1 heterocycles. The molecule has 7 nitrogen and oxygen atoms in total. The van der Waals surface area contributed by atoms with E-state index in [1.165, 1.54) is 4.68 Å². The molecule has 0 aromatic carbocycles. The number of rotatable bonds is 8. The molecule has 0 amide bonds. The van der Waals surface area contributed by atoms with Crippen molar-refractivity contribution < 1.29 is 9.66 Å². The lowest BCUT2D eigenvalue weighted by Crippen LogP contribution is -2.25. The molecule has 1 aromatic heterocycles. The number of nitrogens with zero attached hydrogens (tertiary/aromatic N) is 3. The molecule has 0 bridgehead atoms. The van der Waals surface area contributed by atoms with E-state index in [0.29, 0.717) is 24.9 Å². The Morgan fingerprint density at radius 2 is 2.21 bits per heavy atom. The molecule has 0 atom stereocenters. The summed E-state index contributed by atoms with van der Waals surface area (Å²) in [6.07, 6.45) is 0.795. The Morgan fingerprint density at radius 1 is 1.53 bits per heavy atom. The lowest BCUT2D eigenvalue weighted by Gasteiger charge is -2.09. The summed E-state index contributed by atoms with van der Waals surface area (Å²) in [7, 11) is 0. The maximum Gasteiger partial charge on any atom is 0.353 e. The molecule has 7 heteroatoms. The van der Waals surface area contributed by atoms with Crippen LogP contribution < -0.4 is 10.1 Å². The largest absolute Gasteiger partial charge is 0.473 e. The predicted octanol–water partition coefficient (Wildman–Crippen LogP) is 1.89. The maximum absolute atomic E-state index is 11.0. The van der Waals surface area contributed by atoms with Gasteiger partial charge in [0.15, 0.2) is 0 Å². The standard InChI is InChI=1S/C12H22N4O3/c1-5-15-12(11(16(17)18)10(4)14-15)19-8-6-7-13-9(2)3/h9,13H,5-8H2,1-4H3. The third-order valence-corrected chi connectivity index (χ3v) is 2.65. The van der Waals surface area contributed by atoms with Gasteiger partial charge in [0.25, 0.3) is 5.88 Å². The second-order valence-electron chi connectivity index (χ2n) is 4.62. The van der Waals surface area contributed by atoms with Gasteiger partial charge in [-0.2, -0.15) is 5.10 Å². The maximum atomic E-state index is 11.0. The first-order valence-electron chi connectivity index (χ1n) is 6.55. The zero-order chi connectivity index (χ0) is 14.4. The average molecular weight is 270 g/mol. The molecule has 0 aliphatic heterocycles. The highest BCUT2D eigenvalue weighted by molar-refractivity contribution is 5.45. The molecular weight excluding hydrogens is 248 g/mol. The van der Waals surface area contributed by atoms with Crippen molar-refractivity contribution in [1.29, 1.82) is 0 Å². The topological polar surface area (TPSA) is 82.2 Å². The minimum absolute atomic E-state index is 0.0290. The van der Waals surface area contributed by atoms with E-state index in [1.54, 1.807) is 6.92 Å². The van der Waals surface area contributed by atoms with Gasteiger partial charge in [0, 0.05) is 12.6 Å². The van der Waals surface area contributed by atoms with Crippen molar-refractivity contribution in [3.8, 4) is 5.88 Å². The van der Waals surface area contributed by atoms with E-state index in [1.807, 2.05) is 6.92 Å². The summed E-state index contributed by atoms with van der Waals surface area (Å²) in [6.45, 7) is 9.45. The molecule has 0 aliphatic carbocycles. The van der Waals surface area contributed by atoms with Crippen molar-refractivity contribution in [3.63, 3.8) is 0 Å². The number of nitro groups is 1. The summed E-state index contributed by atoms with van der Waals surface area (Å²) in [6, 6.07) is 0.428. The number of hydrogen-bond acceptors (Lipinski definition) is 5. The monoisotopic (exact) mass is 270 g/mol. The van der Waals surface area contributed by atoms with Crippen LogP contribution in [0.5, 0.6) is 5.88 Å². The van der Waals surface area contributed by atoms with Crippen molar-refractivity contribution in [2.24, 2.45) is 0 Å². The fourth-order valence-corrected chi connectivity index (χ4v) is 1.75. The van der Waals surface area contributed by atoms with Gasteiger partial charge in [0.05, 0.1) is 11.5 Å². The van der Waals surface area contributed by atoms with Gasteiger partial charge in [0.1, 0.15) is 5.69 Å². The first-order chi connectivity index (χ1) is 8.97. The molecule has 0 saturated carbocycles. The second kappa shape index (κ2) is 7.08. The zero-order valence-electron chi connectivity index (χ0n) is 12.0. The molecule has 0 aliphatic rings. The SMILES string of the molecule is CCn1nc(C)c([N+](=O)[O-])c1OCCCNC(C)C. The number of hydrogen-bond donors (Lipinski definition) is 1. The second-order valence-corrected chi connectivity index (χ2v) is 4.62. The van der Waals surface area contributed by atoms with Crippen LogP contribution in [-0.2, 0) is 6.54 Å². The Balaban J connectivity index is 2.63. The summed E-state index contributed by atoms with van der Waals surface area (Å²) in [5, 5.41) is 18.4. The fraction of sp³-hybridized carbons (Fsp3) is 0.750. The Morgan fingerprint density at radius 3 is 2.74 bits per heavy atom. The highest BCUT2D eigenvalue weighted by atomic mass is 16.6. The Labute approximate surface area is 113 Å². The lowest BCUT2D eigenvalue weighted by molar-refractivity contribution is -0.386. The minimum Gasteiger partial charge on any atom is -0.473 e. The van der Waals surface area contributed by atoms with Crippen molar-refractivity contribution >= 4 is 5.69 Å². The zero-order valence-corrected chi connectivity index (χ0v) is 12.0. The minimum atomic E-state index is -0.434. The van der Waals surface area contributed by atoms with E-state index in [0.717, 1.165) is 13.0 Å². The van der Waals surface area contributed by atoms with Gasteiger partial charge in [-0.15, -0.1) is 0 Å². The molecule has 0 spiro atoms. The van der Waals surface area contributed by atoms with Crippen molar-refractivity contribution in [2.45, 2.75) is 46.7 Å². The average Bonchev–Trinajstić information content (AvgIpc) is 2.64. The highest BCUT2D eigenvalue weighted by Crippen LogP contribution is 2.30. The highest BCUT2D eigenvalue weighted by Gasteiger charge is 2.26. The number of aryl methyl sites for hydroxylation is 2. The summed E-state index contributed by atoms with van der Waals surface area (Å²) < 4.78 is 7.07. The van der Waals surface area contributed by atoms with E-state index in [-0.39, 0.29) is 11.6 Å². The first-order valence-corrected chi connectivity index (χ1v) is 6.55. The molecule has 1 rings (SSSR count). The van der Waals surface area contributed by atoms with Gasteiger partial charge in [-0.05, 0) is 26.8 Å². The van der Waals surface area contributed by atoms with Crippen LogP contribution in [0.4, 0.5) is 5.69 Å². The molecule has 1 N–H and O–H groups in total.